The van der Waals surface area contributed by atoms with Gasteiger partial charge in [-0.2, -0.15) is 0 Å². The van der Waals surface area contributed by atoms with Crippen LogP contribution in [-0.4, -0.2) is 33.3 Å². The van der Waals surface area contributed by atoms with Crippen molar-refractivity contribution >= 4 is 34.9 Å². The third-order valence-electron chi connectivity index (χ3n) is 9.24. The van der Waals surface area contributed by atoms with Crippen LogP contribution in [0.4, 0.5) is 11.4 Å². The highest BCUT2D eigenvalue weighted by Crippen LogP contribution is 2.62. The van der Waals surface area contributed by atoms with Gasteiger partial charge in [-0.1, -0.05) is 92.2 Å². The third kappa shape index (κ3) is 3.94. The molecule has 4 atom stereocenters. The monoisotopic (exact) mass is 583 g/mol. The van der Waals surface area contributed by atoms with E-state index in [1.165, 1.54) is 24.3 Å². The van der Waals surface area contributed by atoms with Crippen LogP contribution in [0.1, 0.15) is 62.4 Å². The zero-order chi connectivity index (χ0) is 30.6. The fourth-order valence-corrected chi connectivity index (χ4v) is 7.42. The molecule has 4 aromatic rings. The number of benzene rings is 4. The summed E-state index contributed by atoms with van der Waals surface area (Å²) in [6.45, 7) is 2.09. The number of amides is 1. The molecule has 7 rings (SSSR count). The number of carbonyl (C=O) groups excluding carboxylic acids is 3. The summed E-state index contributed by atoms with van der Waals surface area (Å²) in [6.07, 6.45) is 5.50. The first-order chi connectivity index (χ1) is 21.4. The summed E-state index contributed by atoms with van der Waals surface area (Å²) in [4.78, 5) is 57.0. The van der Waals surface area contributed by atoms with Crippen molar-refractivity contribution in [2.75, 3.05) is 5.32 Å². The second kappa shape index (κ2) is 10.4. The van der Waals surface area contributed by atoms with E-state index in [0.717, 1.165) is 29.5 Å². The predicted octanol–water partition coefficient (Wildman–Crippen LogP) is 6.53. The number of aryl methyl sites for hydroxylation is 1. The lowest BCUT2D eigenvalue weighted by molar-refractivity contribution is -0.384. The molecule has 3 aliphatic rings. The number of hydrogen-bond donors (Lipinski definition) is 1. The van der Waals surface area contributed by atoms with Crippen molar-refractivity contribution in [3.05, 3.63) is 147 Å². The summed E-state index contributed by atoms with van der Waals surface area (Å²) >= 11 is 0. The van der Waals surface area contributed by atoms with Crippen LogP contribution >= 0.6 is 0 Å². The maximum atomic E-state index is 14.9. The number of anilines is 1. The van der Waals surface area contributed by atoms with Crippen LogP contribution in [0, 0.1) is 16.0 Å². The molecular weight excluding hydrogens is 554 g/mol. The van der Waals surface area contributed by atoms with Gasteiger partial charge < -0.3 is 10.2 Å². The van der Waals surface area contributed by atoms with Crippen molar-refractivity contribution in [3.63, 3.8) is 0 Å². The second-order valence-electron chi connectivity index (χ2n) is 11.6. The second-order valence-corrected chi connectivity index (χ2v) is 11.6. The average molecular weight is 584 g/mol. The number of fused-ring (bicyclic) bond motifs is 6. The van der Waals surface area contributed by atoms with E-state index < -0.39 is 34.1 Å². The lowest BCUT2D eigenvalue weighted by Crippen LogP contribution is -2.49. The normalized spacial score (nSPS) is 22.7. The van der Waals surface area contributed by atoms with Crippen molar-refractivity contribution in [2.24, 2.45) is 5.92 Å². The Morgan fingerprint density at radius 3 is 2.43 bits per heavy atom. The zero-order valence-corrected chi connectivity index (χ0v) is 24.0. The third-order valence-corrected chi connectivity index (χ3v) is 9.24. The number of hydrogen-bond acceptors (Lipinski definition) is 6. The molecule has 1 amide bonds. The molecule has 1 spiro atoms. The molecule has 218 valence electrons. The van der Waals surface area contributed by atoms with E-state index in [2.05, 4.69) is 12.2 Å². The number of Topliss-reactive ketones (excluding diaryl/α,β-unsaturated/α-hetero) is 2. The number of nitro benzene ring substituents is 1. The Balaban J connectivity index is 1.50. The average Bonchev–Trinajstić information content (AvgIpc) is 3.53. The van der Waals surface area contributed by atoms with Crippen LogP contribution in [0.3, 0.4) is 0 Å². The van der Waals surface area contributed by atoms with Gasteiger partial charge in [-0.3, -0.25) is 24.5 Å². The Morgan fingerprint density at radius 1 is 0.909 bits per heavy atom. The molecule has 1 saturated heterocycles. The highest BCUT2D eigenvalue weighted by molar-refractivity contribution is 6.16. The van der Waals surface area contributed by atoms with Crippen LogP contribution in [0.2, 0.25) is 0 Å². The van der Waals surface area contributed by atoms with E-state index in [1.807, 2.05) is 71.6 Å². The first kappa shape index (κ1) is 27.5. The molecule has 0 bridgehead atoms. The quantitative estimate of drug-likeness (QED) is 0.151. The molecular formula is C36H29N3O5. The number of nitrogens with zero attached hydrogens (tertiary/aromatic N) is 2. The minimum atomic E-state index is -1.46. The molecule has 8 heteroatoms. The van der Waals surface area contributed by atoms with E-state index >= 15 is 0 Å². The van der Waals surface area contributed by atoms with Gasteiger partial charge in [0.1, 0.15) is 11.5 Å². The number of non-ortho nitro benzene ring substituents is 1. The van der Waals surface area contributed by atoms with Gasteiger partial charge in [0.15, 0.2) is 11.6 Å². The standard InChI is InChI=1S/C36H29N3O5/c1-2-8-22-15-17-24(18-16-22)32(40)30-31(33(41)25-10-7-11-26(21-25)39(43)44)38-20-19-23-9-3-4-12-27(23)34(38)36(30)28-13-5-6-14-29(28)37-35(36)42/h3-7,9-21,30-31,34H,2,8H2,1H3,(H,37,42)/t30-,31+,34-,36-/m1/s1. The molecule has 8 nitrogen and oxygen atoms in total. The minimum Gasteiger partial charge on any atom is -0.358 e. The Kier molecular flexibility index (Phi) is 6.50. The highest BCUT2D eigenvalue weighted by atomic mass is 16.6. The minimum absolute atomic E-state index is 0.107. The molecule has 0 aromatic heterocycles. The smallest absolute Gasteiger partial charge is 0.270 e. The molecule has 3 heterocycles. The van der Waals surface area contributed by atoms with E-state index in [0.29, 0.717) is 16.8 Å². The van der Waals surface area contributed by atoms with Crippen molar-refractivity contribution < 1.29 is 19.3 Å². The molecule has 0 radical (unpaired) electrons. The lowest BCUT2D eigenvalue weighted by Gasteiger charge is -2.38. The van der Waals surface area contributed by atoms with Gasteiger partial charge in [-0.05, 0) is 40.8 Å². The molecule has 4 aromatic carbocycles. The first-order valence-corrected chi connectivity index (χ1v) is 14.7. The Morgan fingerprint density at radius 2 is 1.66 bits per heavy atom. The van der Waals surface area contributed by atoms with Gasteiger partial charge in [0.05, 0.1) is 16.9 Å². The zero-order valence-electron chi connectivity index (χ0n) is 24.0. The molecule has 44 heavy (non-hydrogen) atoms. The van der Waals surface area contributed by atoms with Crippen LogP contribution in [0.25, 0.3) is 6.08 Å². The Bertz CT molecular complexity index is 1880. The molecule has 0 unspecified atom stereocenters. The predicted molar refractivity (Wildman–Crippen MR) is 166 cm³/mol. The number of nitro groups is 1. The van der Waals surface area contributed by atoms with Crippen LogP contribution < -0.4 is 5.32 Å². The summed E-state index contributed by atoms with van der Waals surface area (Å²) in [5.41, 5.74) is 2.89. The van der Waals surface area contributed by atoms with Crippen LogP contribution in [0.5, 0.6) is 0 Å². The maximum absolute atomic E-state index is 14.9. The van der Waals surface area contributed by atoms with E-state index in [-0.39, 0.29) is 22.9 Å². The van der Waals surface area contributed by atoms with Gasteiger partial charge >= 0.3 is 0 Å². The van der Waals surface area contributed by atoms with Gasteiger partial charge in [-0.15, -0.1) is 0 Å². The van der Waals surface area contributed by atoms with Crippen LogP contribution in [-0.2, 0) is 16.6 Å². The maximum Gasteiger partial charge on any atom is 0.270 e. The van der Waals surface area contributed by atoms with Gasteiger partial charge in [0.25, 0.3) is 5.69 Å². The van der Waals surface area contributed by atoms with E-state index in [4.69, 9.17) is 0 Å². The summed E-state index contributed by atoms with van der Waals surface area (Å²) < 4.78 is 0. The molecule has 1 N–H and O–H groups in total. The van der Waals surface area contributed by atoms with Crippen LogP contribution in [0.15, 0.2) is 103 Å². The summed E-state index contributed by atoms with van der Waals surface area (Å²) in [5, 5.41) is 14.7. The van der Waals surface area contributed by atoms with Crippen molar-refractivity contribution in [3.8, 4) is 0 Å². The molecule has 0 aliphatic carbocycles. The van der Waals surface area contributed by atoms with E-state index in [9.17, 15) is 24.5 Å². The summed E-state index contributed by atoms with van der Waals surface area (Å²) in [7, 11) is 0. The number of carbonyl (C=O) groups is 3. The molecule has 1 fully saturated rings. The Hall–Kier alpha value is -5.37. The number of rotatable bonds is 7. The van der Waals surface area contributed by atoms with E-state index in [1.54, 1.807) is 18.3 Å². The SMILES string of the molecule is CCCc1ccc(C(=O)[C@H]2[C@@H](C(=O)c3cccc([N+](=O)[O-])c3)N3C=Cc4ccccc4[C@@H]3[C@]23C(=O)Nc2ccccc23)cc1. The van der Waals surface area contributed by atoms with Gasteiger partial charge in [-0.25, -0.2) is 0 Å². The largest absolute Gasteiger partial charge is 0.358 e. The Labute approximate surface area is 254 Å². The van der Waals surface area contributed by atoms with Crippen molar-refractivity contribution in [1.82, 2.24) is 4.90 Å². The lowest BCUT2D eigenvalue weighted by atomic mass is 9.62. The highest BCUT2D eigenvalue weighted by Gasteiger charge is 2.70. The summed E-state index contributed by atoms with van der Waals surface area (Å²) in [6, 6.07) is 26.2. The molecule has 0 saturated carbocycles. The van der Waals surface area contributed by atoms with Crippen molar-refractivity contribution in [1.29, 1.82) is 0 Å². The fraction of sp³-hybridized carbons (Fsp3) is 0.194. The number of ketones is 2. The van der Waals surface area contributed by atoms with Gasteiger partial charge in [0.2, 0.25) is 5.91 Å². The fourth-order valence-electron chi connectivity index (χ4n) is 7.42. The first-order valence-electron chi connectivity index (χ1n) is 14.7. The summed E-state index contributed by atoms with van der Waals surface area (Å²) in [5.74, 6) is -2.29. The number of nitrogens with one attached hydrogen (secondary N) is 1. The molecule has 3 aliphatic heterocycles. The van der Waals surface area contributed by atoms with Gasteiger partial charge in [0, 0.05) is 35.1 Å². The number of para-hydroxylation sites is 1. The topological polar surface area (TPSA) is 110 Å². The van der Waals surface area contributed by atoms with Crippen molar-refractivity contribution in [2.45, 2.75) is 37.3 Å².